The third-order valence-electron chi connectivity index (χ3n) is 5.39. The molecule has 0 N–H and O–H groups in total. The number of carbonyl (C=O) groups is 1. The molecule has 7 heteroatoms. The van der Waals surface area contributed by atoms with Crippen molar-refractivity contribution >= 4 is 29.1 Å². The molecule has 0 fully saturated rings. The minimum absolute atomic E-state index is 0.0668. The van der Waals surface area contributed by atoms with E-state index in [1.54, 1.807) is 41.1 Å². The number of aromatic nitrogens is 2. The van der Waals surface area contributed by atoms with Crippen LogP contribution < -0.4 is 4.74 Å². The van der Waals surface area contributed by atoms with E-state index >= 15 is 0 Å². The van der Waals surface area contributed by atoms with Crippen LogP contribution in [0.2, 0.25) is 10.0 Å². The first kappa shape index (κ1) is 23.9. The predicted octanol–water partition coefficient (Wildman–Crippen LogP) is 7.33. The lowest BCUT2D eigenvalue weighted by molar-refractivity contribution is 0.0742. The van der Waals surface area contributed by atoms with Gasteiger partial charge in [0, 0.05) is 22.2 Å². The maximum Gasteiger partial charge on any atom is 0.254 e. The number of aryl methyl sites for hydroxylation is 1. The van der Waals surface area contributed by atoms with Crippen molar-refractivity contribution in [2.45, 2.75) is 26.8 Å². The molecule has 3 aromatic carbocycles. The highest BCUT2D eigenvalue weighted by Crippen LogP contribution is 2.32. The standard InChI is InChI=1S/C27H25Cl2N3O2/c1-3-17-31(26(33)20-9-11-21(28)12-10-20)18-25-19(2)30-32(23-7-5-4-6-8-23)27(25)34-24-15-13-22(29)14-16-24/h4-16H,3,17-18H2,1-2H3. The molecule has 0 aliphatic heterocycles. The Balaban J connectivity index is 1.74. The summed E-state index contributed by atoms with van der Waals surface area (Å²) in [5.74, 6) is 1.13. The zero-order valence-corrected chi connectivity index (χ0v) is 20.6. The molecule has 0 saturated heterocycles. The Morgan fingerprint density at radius 1 is 0.941 bits per heavy atom. The lowest BCUT2D eigenvalue weighted by Gasteiger charge is -2.23. The van der Waals surface area contributed by atoms with Gasteiger partial charge in [0.2, 0.25) is 5.88 Å². The van der Waals surface area contributed by atoms with E-state index in [4.69, 9.17) is 33.0 Å². The molecule has 1 heterocycles. The van der Waals surface area contributed by atoms with Gasteiger partial charge in [0.1, 0.15) is 5.75 Å². The summed E-state index contributed by atoms with van der Waals surface area (Å²) >= 11 is 12.1. The van der Waals surface area contributed by atoms with Gasteiger partial charge in [-0.3, -0.25) is 4.79 Å². The summed E-state index contributed by atoms with van der Waals surface area (Å²) in [6, 6.07) is 23.9. The zero-order chi connectivity index (χ0) is 24.1. The van der Waals surface area contributed by atoms with E-state index in [0.29, 0.717) is 40.3 Å². The summed E-state index contributed by atoms with van der Waals surface area (Å²) in [6.07, 6.45) is 0.818. The van der Waals surface area contributed by atoms with Gasteiger partial charge in [0.25, 0.3) is 5.91 Å². The third kappa shape index (κ3) is 5.44. The van der Waals surface area contributed by atoms with Gasteiger partial charge in [0.15, 0.2) is 0 Å². The van der Waals surface area contributed by atoms with E-state index in [-0.39, 0.29) is 5.91 Å². The van der Waals surface area contributed by atoms with Crippen LogP contribution in [0.1, 0.15) is 35.0 Å². The van der Waals surface area contributed by atoms with Crippen LogP contribution in [0.15, 0.2) is 78.9 Å². The lowest BCUT2D eigenvalue weighted by Crippen LogP contribution is -2.31. The number of halogens is 2. The first-order chi connectivity index (χ1) is 16.5. The summed E-state index contributed by atoms with van der Waals surface area (Å²) in [5.41, 5.74) is 3.09. The molecule has 1 aromatic heterocycles. The maximum atomic E-state index is 13.3. The topological polar surface area (TPSA) is 47.4 Å². The van der Waals surface area contributed by atoms with Gasteiger partial charge in [-0.1, -0.05) is 48.3 Å². The van der Waals surface area contributed by atoms with Crippen molar-refractivity contribution in [3.8, 4) is 17.3 Å². The van der Waals surface area contributed by atoms with Gasteiger partial charge < -0.3 is 9.64 Å². The van der Waals surface area contributed by atoms with Crippen LogP contribution in [-0.4, -0.2) is 27.1 Å². The molecule has 0 unspecified atom stereocenters. The fourth-order valence-electron chi connectivity index (χ4n) is 3.67. The molecule has 0 saturated carbocycles. The Morgan fingerprint density at radius 3 is 2.18 bits per heavy atom. The number of hydrogen-bond donors (Lipinski definition) is 0. The van der Waals surface area contributed by atoms with Crippen LogP contribution in [0.25, 0.3) is 5.69 Å². The van der Waals surface area contributed by atoms with E-state index in [2.05, 4.69) is 0 Å². The van der Waals surface area contributed by atoms with Crippen molar-refractivity contribution in [2.24, 2.45) is 0 Å². The Labute approximate surface area is 209 Å². The number of ether oxygens (including phenoxy) is 1. The average Bonchev–Trinajstić information content (AvgIpc) is 3.15. The molecule has 0 radical (unpaired) electrons. The van der Waals surface area contributed by atoms with Crippen LogP contribution in [0.4, 0.5) is 0 Å². The minimum atomic E-state index is -0.0668. The molecular formula is C27H25Cl2N3O2. The molecule has 4 aromatic rings. The molecule has 174 valence electrons. The van der Waals surface area contributed by atoms with Gasteiger partial charge in [-0.05, 0) is 74.0 Å². The zero-order valence-electron chi connectivity index (χ0n) is 19.0. The van der Waals surface area contributed by atoms with Crippen LogP contribution in [-0.2, 0) is 6.54 Å². The molecule has 4 rings (SSSR count). The Bertz CT molecular complexity index is 1250. The fraction of sp³-hybridized carbons (Fsp3) is 0.185. The van der Waals surface area contributed by atoms with Crippen LogP contribution in [0, 0.1) is 6.92 Å². The lowest BCUT2D eigenvalue weighted by atomic mass is 10.1. The molecular weight excluding hydrogens is 469 g/mol. The highest BCUT2D eigenvalue weighted by Gasteiger charge is 2.24. The van der Waals surface area contributed by atoms with Crippen molar-refractivity contribution in [1.29, 1.82) is 0 Å². The Morgan fingerprint density at radius 2 is 1.56 bits per heavy atom. The average molecular weight is 494 g/mol. The maximum absolute atomic E-state index is 13.3. The van der Waals surface area contributed by atoms with E-state index in [1.807, 2.05) is 61.2 Å². The molecule has 1 amide bonds. The van der Waals surface area contributed by atoms with Crippen molar-refractivity contribution in [2.75, 3.05) is 6.54 Å². The van der Waals surface area contributed by atoms with E-state index < -0.39 is 0 Å². The number of nitrogens with zero attached hydrogens (tertiary/aromatic N) is 3. The Kier molecular flexibility index (Phi) is 7.56. The highest BCUT2D eigenvalue weighted by molar-refractivity contribution is 6.30. The first-order valence-corrected chi connectivity index (χ1v) is 11.8. The van der Waals surface area contributed by atoms with E-state index in [0.717, 1.165) is 23.4 Å². The van der Waals surface area contributed by atoms with Gasteiger partial charge in [-0.25, -0.2) is 4.68 Å². The summed E-state index contributed by atoms with van der Waals surface area (Å²) in [7, 11) is 0. The molecule has 34 heavy (non-hydrogen) atoms. The second-order valence-electron chi connectivity index (χ2n) is 7.91. The van der Waals surface area contributed by atoms with Gasteiger partial charge >= 0.3 is 0 Å². The van der Waals surface area contributed by atoms with Gasteiger partial charge in [-0.2, -0.15) is 5.10 Å². The Hall–Kier alpha value is -3.28. The number of benzene rings is 3. The summed E-state index contributed by atoms with van der Waals surface area (Å²) in [6.45, 7) is 4.93. The van der Waals surface area contributed by atoms with E-state index in [9.17, 15) is 4.79 Å². The number of carbonyl (C=O) groups excluding carboxylic acids is 1. The number of hydrogen-bond acceptors (Lipinski definition) is 3. The van der Waals surface area contributed by atoms with Gasteiger partial charge in [-0.15, -0.1) is 0 Å². The largest absolute Gasteiger partial charge is 0.439 e. The summed E-state index contributed by atoms with van der Waals surface area (Å²) in [5, 5.41) is 5.98. The molecule has 0 atom stereocenters. The van der Waals surface area contributed by atoms with Crippen molar-refractivity contribution in [3.05, 3.63) is 106 Å². The second kappa shape index (κ2) is 10.8. The number of amides is 1. The molecule has 5 nitrogen and oxygen atoms in total. The van der Waals surface area contributed by atoms with Crippen molar-refractivity contribution in [1.82, 2.24) is 14.7 Å². The van der Waals surface area contributed by atoms with Gasteiger partial charge in [0.05, 0.1) is 23.5 Å². The molecule has 0 bridgehead atoms. The quantitative estimate of drug-likeness (QED) is 0.258. The minimum Gasteiger partial charge on any atom is -0.439 e. The van der Waals surface area contributed by atoms with Crippen LogP contribution in [0.5, 0.6) is 11.6 Å². The highest BCUT2D eigenvalue weighted by atomic mass is 35.5. The fourth-order valence-corrected chi connectivity index (χ4v) is 3.92. The third-order valence-corrected chi connectivity index (χ3v) is 5.89. The molecule has 0 aliphatic carbocycles. The SMILES string of the molecule is CCCN(Cc1c(C)nn(-c2ccccc2)c1Oc1ccc(Cl)cc1)C(=O)c1ccc(Cl)cc1. The number of para-hydroxylation sites is 1. The molecule has 0 aliphatic rings. The smallest absolute Gasteiger partial charge is 0.254 e. The van der Waals surface area contributed by atoms with Crippen molar-refractivity contribution in [3.63, 3.8) is 0 Å². The molecule has 0 spiro atoms. The van der Waals surface area contributed by atoms with Crippen LogP contribution in [0.3, 0.4) is 0 Å². The van der Waals surface area contributed by atoms with Crippen molar-refractivity contribution < 1.29 is 9.53 Å². The summed E-state index contributed by atoms with van der Waals surface area (Å²) < 4.78 is 8.11. The normalized spacial score (nSPS) is 10.8. The predicted molar refractivity (Wildman–Crippen MR) is 136 cm³/mol. The summed E-state index contributed by atoms with van der Waals surface area (Å²) in [4.78, 5) is 15.2. The van der Waals surface area contributed by atoms with Crippen LogP contribution >= 0.6 is 23.2 Å². The monoisotopic (exact) mass is 493 g/mol. The second-order valence-corrected chi connectivity index (χ2v) is 8.78. The van der Waals surface area contributed by atoms with E-state index in [1.165, 1.54) is 0 Å². The number of rotatable bonds is 8. The first-order valence-electron chi connectivity index (χ1n) is 11.1.